The van der Waals surface area contributed by atoms with Crippen molar-refractivity contribution in [3.8, 4) is 22.0 Å². The molecule has 0 spiro atoms. The number of benzene rings is 2. The first-order chi connectivity index (χ1) is 22.5. The van der Waals surface area contributed by atoms with E-state index >= 15 is 0 Å². The number of ether oxygens (including phenoxy) is 1. The van der Waals surface area contributed by atoms with Crippen molar-refractivity contribution >= 4 is 33.3 Å². The molecule has 47 heavy (non-hydrogen) atoms. The lowest BCUT2D eigenvalue weighted by Gasteiger charge is -2.18. The van der Waals surface area contributed by atoms with Crippen LogP contribution in [0.3, 0.4) is 0 Å². The van der Waals surface area contributed by atoms with E-state index in [1.54, 1.807) is 38.3 Å². The van der Waals surface area contributed by atoms with E-state index < -0.39 is 41.2 Å². The maximum absolute atomic E-state index is 15.0. The molecule has 0 aliphatic carbocycles. The maximum Gasteiger partial charge on any atom is 0.343 e. The monoisotopic (exact) mass is 666 g/mol. The van der Waals surface area contributed by atoms with Crippen LogP contribution < -0.4 is 22.0 Å². The van der Waals surface area contributed by atoms with Crippen LogP contribution in [-0.2, 0) is 22.7 Å². The molecule has 0 unspecified atom stereocenters. The second-order valence-corrected chi connectivity index (χ2v) is 11.7. The van der Waals surface area contributed by atoms with Gasteiger partial charge in [0, 0.05) is 42.0 Å². The number of methoxy groups -OCH3 is 1. The Kier molecular flexibility index (Phi) is 10.1. The van der Waals surface area contributed by atoms with Crippen molar-refractivity contribution in [1.82, 2.24) is 24.5 Å². The van der Waals surface area contributed by atoms with Crippen molar-refractivity contribution in [1.29, 1.82) is 0 Å². The minimum Gasteiger partial charge on any atom is -0.504 e. The highest BCUT2D eigenvalue weighted by Crippen LogP contribution is 2.38. The van der Waals surface area contributed by atoms with E-state index in [-0.39, 0.29) is 28.1 Å². The predicted molar refractivity (Wildman–Crippen MR) is 174 cm³/mol. The fraction of sp³-hybridized carbons (Fsp3) is 0.250. The van der Waals surface area contributed by atoms with Gasteiger partial charge in [-0.3, -0.25) is 19.1 Å². The van der Waals surface area contributed by atoms with Crippen molar-refractivity contribution in [2.24, 2.45) is 0 Å². The zero-order chi connectivity index (χ0) is 33.8. The average Bonchev–Trinajstić information content (AvgIpc) is 3.40. The molecule has 12 nitrogen and oxygen atoms in total. The summed E-state index contributed by atoms with van der Waals surface area (Å²) in [6, 6.07) is 12.4. The molecule has 5 aromatic rings. The molecule has 0 saturated carbocycles. The summed E-state index contributed by atoms with van der Waals surface area (Å²) in [5.74, 6) is -2.46. The smallest absolute Gasteiger partial charge is 0.343 e. The third kappa shape index (κ3) is 6.92. The van der Waals surface area contributed by atoms with Crippen molar-refractivity contribution in [2.75, 3.05) is 39.7 Å². The van der Waals surface area contributed by atoms with Gasteiger partial charge < -0.3 is 15.2 Å². The number of halogens is 2. The van der Waals surface area contributed by atoms with Crippen LogP contribution in [0.1, 0.15) is 16.8 Å². The average molecular weight is 667 g/mol. The zero-order valence-corrected chi connectivity index (χ0v) is 26.8. The summed E-state index contributed by atoms with van der Waals surface area (Å²) in [5.41, 5.74) is 2.17. The Bertz CT molecular complexity index is 2040. The number of hydrogen-bond acceptors (Lipinski definition) is 9. The number of rotatable bonds is 11. The van der Waals surface area contributed by atoms with E-state index in [0.717, 1.165) is 32.6 Å². The van der Waals surface area contributed by atoms with E-state index in [1.165, 1.54) is 25.3 Å². The number of thiophene rings is 1. The van der Waals surface area contributed by atoms with Gasteiger partial charge in [0.1, 0.15) is 16.5 Å². The molecule has 0 aliphatic heterocycles. The molecule has 2 amide bonds. The van der Waals surface area contributed by atoms with Crippen molar-refractivity contribution in [3.63, 3.8) is 0 Å². The summed E-state index contributed by atoms with van der Waals surface area (Å²) in [6.45, 7) is 2.22. The van der Waals surface area contributed by atoms with Crippen LogP contribution in [0.15, 0.2) is 64.2 Å². The van der Waals surface area contributed by atoms with Crippen molar-refractivity contribution in [3.05, 3.63) is 104 Å². The number of likely N-dealkylation sites (N-methyl/N-ethyl adjacent to an activating group) is 1. The Morgan fingerprint density at radius 3 is 2.40 bits per heavy atom. The van der Waals surface area contributed by atoms with Crippen molar-refractivity contribution < 1.29 is 28.3 Å². The second-order valence-electron chi connectivity index (χ2n) is 10.7. The number of fused-ring (bicyclic) bond motifs is 1. The van der Waals surface area contributed by atoms with Gasteiger partial charge in [0.15, 0.2) is 11.6 Å². The number of carbonyl (C=O) groups excluding carboxylic acids is 1. The van der Waals surface area contributed by atoms with E-state index in [4.69, 9.17) is 4.74 Å². The molecule has 0 fully saturated rings. The van der Waals surface area contributed by atoms with Crippen LogP contribution in [0.25, 0.3) is 26.5 Å². The summed E-state index contributed by atoms with van der Waals surface area (Å²) in [6.07, 6.45) is 0. The molecule has 0 atom stereocenters. The van der Waals surface area contributed by atoms with Gasteiger partial charge >= 0.3 is 11.7 Å². The normalized spacial score (nSPS) is 11.4. The number of hydrogen-bond donors (Lipinski definition) is 3. The van der Waals surface area contributed by atoms with Crippen LogP contribution >= 0.6 is 11.3 Å². The summed E-state index contributed by atoms with van der Waals surface area (Å²) in [5, 5.41) is 13.5. The maximum atomic E-state index is 15.0. The van der Waals surface area contributed by atoms with Crippen molar-refractivity contribution in [2.45, 2.75) is 20.0 Å². The van der Waals surface area contributed by atoms with Gasteiger partial charge in [-0.2, -0.15) is 0 Å². The molecule has 3 heterocycles. The van der Waals surface area contributed by atoms with E-state index in [1.807, 2.05) is 11.9 Å². The first-order valence-electron chi connectivity index (χ1n) is 14.3. The van der Waals surface area contributed by atoms with Gasteiger partial charge in [0.05, 0.1) is 25.6 Å². The fourth-order valence-corrected chi connectivity index (χ4v) is 6.37. The van der Waals surface area contributed by atoms with E-state index in [0.29, 0.717) is 40.5 Å². The number of pyridine rings is 1. The minimum atomic E-state index is -0.936. The number of aromatic nitrogens is 3. The van der Waals surface area contributed by atoms with Gasteiger partial charge in [-0.15, -0.1) is 11.3 Å². The van der Waals surface area contributed by atoms with Crippen LogP contribution in [-0.4, -0.2) is 64.6 Å². The Morgan fingerprint density at radius 2 is 1.74 bits per heavy atom. The quantitative estimate of drug-likeness (QED) is 0.177. The molecule has 2 aromatic carbocycles. The summed E-state index contributed by atoms with van der Waals surface area (Å²) < 4.78 is 37.0. The first-order valence-corrected chi connectivity index (χ1v) is 15.1. The molecule has 0 bridgehead atoms. The molecule has 0 radical (unpaired) electrons. The van der Waals surface area contributed by atoms with Crippen LogP contribution in [0, 0.1) is 18.6 Å². The summed E-state index contributed by atoms with van der Waals surface area (Å²) >= 11 is 1.11. The number of nitrogens with one attached hydrogen (secondary N) is 2. The third-order valence-electron chi connectivity index (χ3n) is 7.36. The lowest BCUT2D eigenvalue weighted by Crippen LogP contribution is -2.40. The Labute approximate surface area is 271 Å². The number of hydroxylamine groups is 1. The second kappa shape index (κ2) is 14.2. The topological polar surface area (TPSA) is 140 Å². The van der Waals surface area contributed by atoms with E-state index in [9.17, 15) is 28.3 Å². The van der Waals surface area contributed by atoms with Gasteiger partial charge in [-0.05, 0) is 61.5 Å². The molecule has 3 N–H and O–H groups in total. The Balaban J connectivity index is 1.82. The molecule has 15 heteroatoms. The van der Waals surface area contributed by atoms with Crippen LogP contribution in [0.2, 0.25) is 0 Å². The highest BCUT2D eigenvalue weighted by Gasteiger charge is 2.27. The number of aromatic hydroxyl groups is 1. The largest absolute Gasteiger partial charge is 0.504 e. The van der Waals surface area contributed by atoms with E-state index in [2.05, 4.69) is 20.6 Å². The predicted octanol–water partition coefficient (Wildman–Crippen LogP) is 4.38. The molecule has 246 valence electrons. The van der Waals surface area contributed by atoms with Gasteiger partial charge in [0.2, 0.25) is 0 Å². The Morgan fingerprint density at radius 1 is 1.04 bits per heavy atom. The number of aryl methyl sites for hydroxylation is 1. The lowest BCUT2D eigenvalue weighted by atomic mass is 10.1. The SMILES string of the molecule is COCCN(C)Cc1c(-c2ccc(NC(=O)NOC)cc2)sc2c1c(=O)n(-c1nc(C)ccc1O)c(=O)n2Cc1c(F)cccc1F. The highest BCUT2D eigenvalue weighted by molar-refractivity contribution is 7.22. The highest BCUT2D eigenvalue weighted by atomic mass is 32.1. The fourth-order valence-electron chi connectivity index (χ4n) is 5.07. The molecular formula is C32H32F2N6O6S. The lowest BCUT2D eigenvalue weighted by molar-refractivity contribution is 0.114. The molecular weight excluding hydrogens is 634 g/mol. The van der Waals surface area contributed by atoms with Crippen LogP contribution in [0.4, 0.5) is 19.3 Å². The number of urea groups is 1. The molecule has 3 aromatic heterocycles. The molecule has 0 aliphatic rings. The number of anilines is 1. The van der Waals surface area contributed by atoms with Gasteiger partial charge in [-0.1, -0.05) is 18.2 Å². The number of carbonyl (C=O) groups is 1. The minimum absolute atomic E-state index is 0.120. The molecule has 5 rings (SSSR count). The first kappa shape index (κ1) is 33.4. The van der Waals surface area contributed by atoms with Crippen LogP contribution in [0.5, 0.6) is 5.75 Å². The summed E-state index contributed by atoms with van der Waals surface area (Å²) in [4.78, 5) is 52.1. The van der Waals surface area contributed by atoms with Gasteiger partial charge in [0.25, 0.3) is 5.56 Å². The molecule has 0 saturated heterocycles. The third-order valence-corrected chi connectivity index (χ3v) is 8.67. The zero-order valence-electron chi connectivity index (χ0n) is 26.0. The van der Waals surface area contributed by atoms with Gasteiger partial charge in [-0.25, -0.2) is 33.4 Å². The number of nitrogens with zero attached hydrogens (tertiary/aromatic N) is 4. The summed E-state index contributed by atoms with van der Waals surface area (Å²) in [7, 11) is 4.72. The number of amides is 2. The Hall–Kier alpha value is -4.96. The standard InChI is InChI=1S/C32H32F2N6O6S/c1-18-8-13-25(41)28(35-18)40-29(42)26-22(16-38(2)14-15-45-3)27(19-9-11-20(12-10-19)36-31(43)37-46-4)47-30(26)39(32(40)44)17-21-23(33)6-5-7-24(21)34/h5-13,41H,14-17H2,1-4H3,(H2,36,37,43).